The first-order valence-electron chi connectivity index (χ1n) is 12.9. The Bertz CT molecular complexity index is 1560. The van der Waals surface area contributed by atoms with Crippen LogP contribution in [-0.2, 0) is 12.6 Å². The van der Waals surface area contributed by atoms with E-state index in [0.29, 0.717) is 17.5 Å². The van der Waals surface area contributed by atoms with E-state index in [2.05, 4.69) is 37.2 Å². The predicted octanol–water partition coefficient (Wildman–Crippen LogP) is 5.28. The lowest BCUT2D eigenvalue weighted by atomic mass is 10.0. The lowest BCUT2D eigenvalue weighted by Crippen LogP contribution is -2.22. The minimum atomic E-state index is -4.59. The van der Waals surface area contributed by atoms with Crippen molar-refractivity contribution >= 4 is 11.6 Å². The van der Waals surface area contributed by atoms with Gasteiger partial charge in [-0.15, -0.1) is 0 Å². The van der Waals surface area contributed by atoms with E-state index in [0.717, 1.165) is 43.0 Å². The van der Waals surface area contributed by atoms with Crippen molar-refractivity contribution in [1.29, 1.82) is 0 Å². The number of anilines is 1. The Morgan fingerprint density at radius 3 is 2.62 bits per heavy atom. The fourth-order valence-electron chi connectivity index (χ4n) is 4.51. The molecule has 204 valence electrons. The van der Waals surface area contributed by atoms with Crippen LogP contribution in [0.2, 0.25) is 0 Å². The molecule has 10 heteroatoms. The van der Waals surface area contributed by atoms with E-state index in [1.165, 1.54) is 37.6 Å². The van der Waals surface area contributed by atoms with E-state index in [1.54, 1.807) is 35.0 Å². The number of hydrogen-bond acceptors (Lipinski definition) is 5. The van der Waals surface area contributed by atoms with Crippen molar-refractivity contribution in [1.82, 2.24) is 24.6 Å². The summed E-state index contributed by atoms with van der Waals surface area (Å²) in [6, 6.07) is 10.2. The van der Waals surface area contributed by atoms with Crippen molar-refractivity contribution in [3.8, 4) is 17.5 Å². The van der Waals surface area contributed by atoms with Crippen molar-refractivity contribution in [2.45, 2.75) is 32.4 Å². The summed E-state index contributed by atoms with van der Waals surface area (Å²) in [4.78, 5) is 19.8. The molecular weight excluding hydrogens is 517 g/mol. The number of hydrogen-bond donors (Lipinski definition) is 1. The predicted molar refractivity (Wildman–Crippen MR) is 145 cm³/mol. The number of halogens is 3. The minimum absolute atomic E-state index is 0.0261. The summed E-state index contributed by atoms with van der Waals surface area (Å²) in [6.45, 7) is 4.85. The average molecular weight is 545 g/mol. The highest BCUT2D eigenvalue weighted by atomic mass is 19.4. The molecule has 2 aromatic carbocycles. The molecule has 0 atom stereocenters. The van der Waals surface area contributed by atoms with Crippen LogP contribution in [-0.4, -0.2) is 50.2 Å². The van der Waals surface area contributed by atoms with Gasteiger partial charge in [0.05, 0.1) is 30.0 Å². The van der Waals surface area contributed by atoms with E-state index in [4.69, 9.17) is 0 Å². The molecule has 0 saturated carbocycles. The zero-order valence-electron chi connectivity index (χ0n) is 21.9. The molecule has 5 rings (SSSR count). The number of aromatic nitrogens is 4. The van der Waals surface area contributed by atoms with Crippen molar-refractivity contribution in [3.63, 3.8) is 0 Å². The summed E-state index contributed by atoms with van der Waals surface area (Å²) in [6.07, 6.45) is 4.80. The Balaban J connectivity index is 1.37. The number of carbonyl (C=O) groups is 1. The zero-order chi connectivity index (χ0) is 28.1. The van der Waals surface area contributed by atoms with Crippen LogP contribution in [0.5, 0.6) is 0 Å². The Morgan fingerprint density at radius 1 is 1.05 bits per heavy atom. The second kappa shape index (κ2) is 11.7. The van der Waals surface area contributed by atoms with E-state index in [1.807, 2.05) is 6.92 Å². The van der Waals surface area contributed by atoms with Crippen LogP contribution >= 0.6 is 0 Å². The second-order valence-electron chi connectivity index (χ2n) is 9.70. The molecule has 0 bridgehead atoms. The highest BCUT2D eigenvalue weighted by molar-refractivity contribution is 6.04. The lowest BCUT2D eigenvalue weighted by molar-refractivity contribution is -0.137. The quantitative estimate of drug-likeness (QED) is 0.335. The van der Waals surface area contributed by atoms with Crippen LogP contribution in [0.4, 0.5) is 18.9 Å². The van der Waals surface area contributed by atoms with E-state index in [-0.39, 0.29) is 16.9 Å². The van der Waals surface area contributed by atoms with Crippen LogP contribution in [0.15, 0.2) is 67.4 Å². The van der Waals surface area contributed by atoms with Crippen LogP contribution in [0.25, 0.3) is 5.69 Å². The van der Waals surface area contributed by atoms with Gasteiger partial charge in [-0.1, -0.05) is 17.9 Å². The number of alkyl halides is 3. The summed E-state index contributed by atoms with van der Waals surface area (Å²) >= 11 is 0. The topological polar surface area (TPSA) is 75.9 Å². The molecule has 1 saturated heterocycles. The Hall–Kier alpha value is -4.49. The summed E-state index contributed by atoms with van der Waals surface area (Å²) < 4.78 is 42.9. The molecule has 0 spiro atoms. The van der Waals surface area contributed by atoms with Gasteiger partial charge < -0.3 is 14.8 Å². The average Bonchev–Trinajstić information content (AvgIpc) is 3.64. The smallest absolute Gasteiger partial charge is 0.322 e. The van der Waals surface area contributed by atoms with Crippen LogP contribution in [0.3, 0.4) is 0 Å². The number of rotatable bonds is 6. The maximum Gasteiger partial charge on any atom is 0.416 e. The van der Waals surface area contributed by atoms with Gasteiger partial charge >= 0.3 is 6.18 Å². The van der Waals surface area contributed by atoms with Crippen molar-refractivity contribution < 1.29 is 18.0 Å². The fourth-order valence-corrected chi connectivity index (χ4v) is 4.51. The first-order valence-corrected chi connectivity index (χ1v) is 12.9. The number of imidazole rings is 1. The molecule has 4 aromatic rings. The molecule has 40 heavy (non-hydrogen) atoms. The van der Waals surface area contributed by atoms with Gasteiger partial charge in [-0.25, -0.2) is 4.98 Å². The van der Waals surface area contributed by atoms with E-state index < -0.39 is 17.6 Å². The van der Waals surface area contributed by atoms with E-state index >= 15 is 0 Å². The molecule has 3 heterocycles. The maximum atomic E-state index is 13.8. The SMILES string of the molecule is Cc1ccc(C(=O)Nc2cc(-n3cnc(CCN4CCCC4)c3)cc(C(F)(F)F)c2)cc1C#Cc1ccnnc1. The third-order valence-electron chi connectivity index (χ3n) is 6.75. The standard InChI is InChI=1S/C30H27F3N6O/c1-21-4-6-24(14-23(21)7-5-22-8-10-35-36-18-22)29(40)37-27-15-25(30(31,32)33)16-28(17-27)39-19-26(34-20-39)9-13-38-11-2-3-12-38/h4,6,8,10,14-20H,2-3,9,11-13H2,1H3,(H,37,40). The number of amides is 1. The largest absolute Gasteiger partial charge is 0.416 e. The van der Waals surface area contributed by atoms with Crippen LogP contribution in [0.1, 0.15) is 51.1 Å². The van der Waals surface area contributed by atoms with Crippen molar-refractivity contribution in [2.24, 2.45) is 0 Å². The van der Waals surface area contributed by atoms with Gasteiger partial charge in [-0.2, -0.15) is 23.4 Å². The number of benzene rings is 2. The number of nitrogens with zero attached hydrogens (tertiary/aromatic N) is 5. The van der Waals surface area contributed by atoms with Gasteiger partial charge in [-0.05, 0) is 74.8 Å². The first kappa shape index (κ1) is 27.1. The first-order chi connectivity index (χ1) is 19.2. The monoisotopic (exact) mass is 544 g/mol. The van der Waals surface area contributed by atoms with Gasteiger partial charge in [0, 0.05) is 47.2 Å². The molecule has 1 aliphatic rings. The van der Waals surface area contributed by atoms with Gasteiger partial charge in [0.25, 0.3) is 5.91 Å². The Kier molecular flexibility index (Phi) is 7.94. The summed E-state index contributed by atoms with van der Waals surface area (Å²) in [5.41, 5.74) is 2.62. The maximum absolute atomic E-state index is 13.8. The molecule has 2 aromatic heterocycles. The fraction of sp³-hybridized carbons (Fsp3) is 0.267. The van der Waals surface area contributed by atoms with Gasteiger partial charge in [-0.3, -0.25) is 4.79 Å². The van der Waals surface area contributed by atoms with Gasteiger partial charge in [0.1, 0.15) is 0 Å². The van der Waals surface area contributed by atoms with Crippen LogP contribution < -0.4 is 5.32 Å². The number of carbonyl (C=O) groups excluding carboxylic acids is 1. The number of nitrogens with one attached hydrogen (secondary N) is 1. The van der Waals surface area contributed by atoms with Gasteiger partial charge in [0.2, 0.25) is 0 Å². The molecule has 1 N–H and O–H groups in total. The number of aryl methyl sites for hydroxylation is 1. The summed E-state index contributed by atoms with van der Waals surface area (Å²) in [7, 11) is 0. The molecule has 7 nitrogen and oxygen atoms in total. The highest BCUT2D eigenvalue weighted by Gasteiger charge is 2.31. The normalized spacial score (nSPS) is 13.6. The van der Waals surface area contributed by atoms with Crippen molar-refractivity contribution in [2.75, 3.05) is 25.0 Å². The molecule has 1 aliphatic heterocycles. The second-order valence-corrected chi connectivity index (χ2v) is 9.70. The molecule has 0 unspecified atom stereocenters. The Labute approximate surface area is 230 Å². The third kappa shape index (κ3) is 6.74. The highest BCUT2D eigenvalue weighted by Crippen LogP contribution is 2.33. The zero-order valence-corrected chi connectivity index (χ0v) is 21.9. The lowest BCUT2D eigenvalue weighted by Gasteiger charge is -2.14. The molecule has 0 aliphatic carbocycles. The van der Waals surface area contributed by atoms with E-state index in [9.17, 15) is 18.0 Å². The minimum Gasteiger partial charge on any atom is -0.322 e. The molecule has 0 radical (unpaired) electrons. The third-order valence-corrected chi connectivity index (χ3v) is 6.75. The molecule has 1 fully saturated rings. The molecule has 1 amide bonds. The summed E-state index contributed by atoms with van der Waals surface area (Å²) in [5, 5.41) is 10.1. The van der Waals surface area contributed by atoms with Gasteiger partial charge in [0.15, 0.2) is 0 Å². The van der Waals surface area contributed by atoms with Crippen LogP contribution in [0, 0.1) is 18.8 Å². The number of likely N-dealkylation sites (tertiary alicyclic amines) is 1. The van der Waals surface area contributed by atoms with Crippen molar-refractivity contribution in [3.05, 3.63) is 101 Å². The Morgan fingerprint density at radius 2 is 1.88 bits per heavy atom. The molecular formula is C30H27F3N6O. The summed E-state index contributed by atoms with van der Waals surface area (Å²) in [5.74, 6) is 5.45.